The average Bonchev–Trinajstić information content (AvgIpc) is 2.18. The zero-order valence-corrected chi connectivity index (χ0v) is 8.33. The molecule has 0 bridgehead atoms. The first-order valence-electron chi connectivity index (χ1n) is 4.55. The van der Waals surface area contributed by atoms with E-state index in [0.29, 0.717) is 17.9 Å². The van der Waals surface area contributed by atoms with E-state index in [4.69, 9.17) is 0 Å². The van der Waals surface area contributed by atoms with Crippen molar-refractivity contribution in [2.75, 3.05) is 6.54 Å². The molecule has 0 aromatic carbocycles. The van der Waals surface area contributed by atoms with Gasteiger partial charge in [-0.3, -0.25) is 9.59 Å². The Balaban J connectivity index is 2.62. The molecule has 1 aliphatic rings. The molecular formula is C10H14N2O2. The largest absolute Gasteiger partial charge is 0.368 e. The Labute approximate surface area is 83.1 Å². The molecule has 0 unspecified atom stereocenters. The number of aldehydes is 1. The van der Waals surface area contributed by atoms with Crippen molar-refractivity contribution in [2.24, 2.45) is 5.92 Å². The van der Waals surface area contributed by atoms with Crippen LogP contribution in [0.5, 0.6) is 0 Å². The van der Waals surface area contributed by atoms with Crippen molar-refractivity contribution in [1.82, 2.24) is 10.6 Å². The monoisotopic (exact) mass is 194 g/mol. The smallest absolute Gasteiger partial charge is 0.228 e. The predicted octanol–water partition coefficient (Wildman–Crippen LogP) is 0.328. The minimum absolute atomic E-state index is 0.0594. The van der Waals surface area contributed by atoms with Gasteiger partial charge in [-0.15, -0.1) is 0 Å². The van der Waals surface area contributed by atoms with Crippen LogP contribution in [0.2, 0.25) is 0 Å². The van der Waals surface area contributed by atoms with E-state index < -0.39 is 0 Å². The van der Waals surface area contributed by atoms with Crippen LogP contribution in [0.4, 0.5) is 0 Å². The Morgan fingerprint density at radius 1 is 1.64 bits per heavy atom. The van der Waals surface area contributed by atoms with E-state index in [1.165, 1.54) is 0 Å². The third kappa shape index (κ3) is 2.73. The number of carbonyl (C=O) groups is 2. The first-order chi connectivity index (χ1) is 6.63. The number of dihydropyridines is 1. The van der Waals surface area contributed by atoms with Crippen molar-refractivity contribution in [3.63, 3.8) is 0 Å². The number of amides is 1. The van der Waals surface area contributed by atoms with E-state index in [1.807, 2.05) is 13.8 Å². The van der Waals surface area contributed by atoms with E-state index in [2.05, 4.69) is 10.6 Å². The second-order valence-corrected chi connectivity index (χ2v) is 3.40. The summed E-state index contributed by atoms with van der Waals surface area (Å²) >= 11 is 0. The van der Waals surface area contributed by atoms with E-state index >= 15 is 0 Å². The summed E-state index contributed by atoms with van der Waals surface area (Å²) in [5, 5.41) is 5.66. The van der Waals surface area contributed by atoms with Gasteiger partial charge in [0.25, 0.3) is 0 Å². The Hall–Kier alpha value is -1.58. The molecule has 0 atom stereocenters. The summed E-state index contributed by atoms with van der Waals surface area (Å²) < 4.78 is 0. The second-order valence-electron chi connectivity index (χ2n) is 3.40. The number of hydrogen-bond donors (Lipinski definition) is 2. The Bertz CT molecular complexity index is 303. The molecule has 0 saturated carbocycles. The standard InChI is InChI=1S/C10H14N2O2/c1-7(2)10(14)12-9-5-8(6-13)3-4-11-9/h3,5-7,11H,4H2,1-2H3,(H,12,14). The molecule has 1 rings (SSSR count). The Kier molecular flexibility index (Phi) is 3.45. The fourth-order valence-electron chi connectivity index (χ4n) is 0.995. The van der Waals surface area contributed by atoms with Crippen LogP contribution < -0.4 is 10.6 Å². The van der Waals surface area contributed by atoms with Gasteiger partial charge >= 0.3 is 0 Å². The van der Waals surface area contributed by atoms with Gasteiger partial charge in [0, 0.05) is 18.0 Å². The summed E-state index contributed by atoms with van der Waals surface area (Å²) in [6.45, 7) is 4.20. The molecule has 2 N–H and O–H groups in total. The second kappa shape index (κ2) is 4.60. The van der Waals surface area contributed by atoms with Crippen LogP contribution in [0.1, 0.15) is 13.8 Å². The Morgan fingerprint density at radius 2 is 2.36 bits per heavy atom. The highest BCUT2D eigenvalue weighted by atomic mass is 16.2. The molecule has 0 spiro atoms. The lowest BCUT2D eigenvalue weighted by atomic mass is 10.2. The van der Waals surface area contributed by atoms with Gasteiger partial charge < -0.3 is 10.6 Å². The third-order valence-electron chi connectivity index (χ3n) is 1.86. The number of carbonyl (C=O) groups excluding carboxylic acids is 2. The summed E-state index contributed by atoms with van der Waals surface area (Å²) in [6.07, 6.45) is 4.15. The molecule has 0 saturated heterocycles. The van der Waals surface area contributed by atoms with Gasteiger partial charge in [-0.05, 0) is 6.08 Å². The van der Waals surface area contributed by atoms with E-state index in [0.717, 1.165) is 6.29 Å². The first-order valence-corrected chi connectivity index (χ1v) is 4.55. The molecule has 1 heterocycles. The normalized spacial score (nSPS) is 15.4. The molecule has 1 amide bonds. The molecule has 4 nitrogen and oxygen atoms in total. The molecule has 0 fully saturated rings. The molecule has 0 aliphatic carbocycles. The van der Waals surface area contributed by atoms with Crippen LogP contribution in [-0.2, 0) is 9.59 Å². The van der Waals surface area contributed by atoms with Crippen LogP contribution in [0, 0.1) is 5.92 Å². The van der Waals surface area contributed by atoms with Crippen LogP contribution in [-0.4, -0.2) is 18.7 Å². The van der Waals surface area contributed by atoms with Crippen LogP contribution in [0.3, 0.4) is 0 Å². The molecule has 1 aliphatic heterocycles. The van der Waals surface area contributed by atoms with Crippen LogP contribution in [0.25, 0.3) is 0 Å². The Morgan fingerprint density at radius 3 is 2.93 bits per heavy atom. The molecule has 4 heteroatoms. The molecule has 0 aromatic rings. The van der Waals surface area contributed by atoms with E-state index in [1.54, 1.807) is 12.2 Å². The number of nitrogens with one attached hydrogen (secondary N) is 2. The number of hydrogen-bond acceptors (Lipinski definition) is 3. The lowest BCUT2D eigenvalue weighted by Gasteiger charge is -2.16. The SMILES string of the molecule is CC(C)C(=O)NC1=CC(C=O)=CCN1. The van der Waals surface area contributed by atoms with Gasteiger partial charge in [0.15, 0.2) is 0 Å². The van der Waals surface area contributed by atoms with Gasteiger partial charge in [0.2, 0.25) is 5.91 Å². The van der Waals surface area contributed by atoms with E-state index in [-0.39, 0.29) is 11.8 Å². The lowest BCUT2D eigenvalue weighted by molar-refractivity contribution is -0.123. The zero-order valence-electron chi connectivity index (χ0n) is 8.33. The minimum atomic E-state index is -0.0664. The van der Waals surface area contributed by atoms with Crippen molar-refractivity contribution in [1.29, 1.82) is 0 Å². The maximum atomic E-state index is 11.3. The molecule has 0 radical (unpaired) electrons. The summed E-state index contributed by atoms with van der Waals surface area (Å²) in [4.78, 5) is 21.8. The van der Waals surface area contributed by atoms with Crippen molar-refractivity contribution in [2.45, 2.75) is 13.8 Å². The molecular weight excluding hydrogens is 180 g/mol. The zero-order chi connectivity index (χ0) is 10.6. The summed E-state index contributed by atoms with van der Waals surface area (Å²) in [7, 11) is 0. The van der Waals surface area contributed by atoms with Crippen molar-refractivity contribution in [3.05, 3.63) is 23.5 Å². The van der Waals surface area contributed by atoms with Crippen molar-refractivity contribution < 1.29 is 9.59 Å². The maximum absolute atomic E-state index is 11.3. The minimum Gasteiger partial charge on any atom is -0.368 e. The highest BCUT2D eigenvalue weighted by Crippen LogP contribution is 2.02. The van der Waals surface area contributed by atoms with Crippen LogP contribution >= 0.6 is 0 Å². The van der Waals surface area contributed by atoms with Gasteiger partial charge in [-0.2, -0.15) is 0 Å². The highest BCUT2D eigenvalue weighted by Gasteiger charge is 2.10. The fraction of sp³-hybridized carbons (Fsp3) is 0.400. The highest BCUT2D eigenvalue weighted by molar-refractivity contribution is 5.82. The summed E-state index contributed by atoms with van der Waals surface area (Å²) in [6, 6.07) is 0. The lowest BCUT2D eigenvalue weighted by Crippen LogP contribution is -2.35. The molecule has 0 aromatic heterocycles. The number of rotatable bonds is 3. The number of allylic oxidation sites excluding steroid dienone is 2. The van der Waals surface area contributed by atoms with Crippen LogP contribution in [0.15, 0.2) is 23.5 Å². The summed E-state index contributed by atoms with van der Waals surface area (Å²) in [5.41, 5.74) is 0.586. The molecule has 76 valence electrons. The van der Waals surface area contributed by atoms with Gasteiger partial charge in [-0.1, -0.05) is 19.9 Å². The summed E-state index contributed by atoms with van der Waals surface area (Å²) in [5.74, 6) is 0.465. The predicted molar refractivity (Wildman–Crippen MR) is 53.2 cm³/mol. The fourth-order valence-corrected chi connectivity index (χ4v) is 0.995. The third-order valence-corrected chi connectivity index (χ3v) is 1.86. The van der Waals surface area contributed by atoms with Crippen molar-refractivity contribution in [3.8, 4) is 0 Å². The van der Waals surface area contributed by atoms with Gasteiger partial charge in [0.05, 0.1) is 0 Å². The van der Waals surface area contributed by atoms with E-state index in [9.17, 15) is 9.59 Å². The maximum Gasteiger partial charge on any atom is 0.228 e. The average molecular weight is 194 g/mol. The molecule has 14 heavy (non-hydrogen) atoms. The van der Waals surface area contributed by atoms with Crippen molar-refractivity contribution >= 4 is 12.2 Å². The topological polar surface area (TPSA) is 58.2 Å². The van der Waals surface area contributed by atoms with Gasteiger partial charge in [0.1, 0.15) is 12.1 Å². The van der Waals surface area contributed by atoms with Gasteiger partial charge in [-0.25, -0.2) is 0 Å². The quantitative estimate of drug-likeness (QED) is 0.636. The first kappa shape index (κ1) is 10.5.